The summed E-state index contributed by atoms with van der Waals surface area (Å²) >= 11 is 0. The quantitative estimate of drug-likeness (QED) is 0.845. The molecule has 2 atom stereocenters. The van der Waals surface area contributed by atoms with Gasteiger partial charge in [-0.15, -0.1) is 0 Å². The maximum absolute atomic E-state index is 14.0. The molecule has 1 heterocycles. The summed E-state index contributed by atoms with van der Waals surface area (Å²) in [7, 11) is 0. The zero-order valence-corrected chi connectivity index (χ0v) is 13.8. The number of rotatable bonds is 5. The van der Waals surface area contributed by atoms with Crippen molar-refractivity contribution in [1.29, 1.82) is 0 Å². The molecule has 0 bridgehead atoms. The molecule has 0 unspecified atom stereocenters. The molecule has 1 aromatic rings. The molecule has 2 amide bonds. The Bertz CT molecular complexity index is 681. The predicted octanol–water partition coefficient (Wildman–Crippen LogP) is 1.86. The van der Waals surface area contributed by atoms with E-state index in [4.69, 9.17) is 5.11 Å². The molecule has 1 aliphatic rings. The average molecular weight is 354 g/mol. The highest BCUT2D eigenvalue weighted by atomic mass is 19.1. The van der Waals surface area contributed by atoms with Gasteiger partial charge in [-0.05, 0) is 18.9 Å². The van der Waals surface area contributed by atoms with Crippen LogP contribution in [0.5, 0.6) is 0 Å². The van der Waals surface area contributed by atoms with Crippen LogP contribution in [0.1, 0.15) is 37.8 Å². The van der Waals surface area contributed by atoms with Gasteiger partial charge >= 0.3 is 5.97 Å². The number of carbonyl (C=O) groups is 3. The van der Waals surface area contributed by atoms with Gasteiger partial charge in [0.25, 0.3) is 0 Å². The third-order valence-corrected chi connectivity index (χ3v) is 4.22. The molecule has 1 aromatic carbocycles. The third kappa shape index (κ3) is 4.98. The summed E-state index contributed by atoms with van der Waals surface area (Å²) in [6, 6.07) is 1.99. The number of carbonyl (C=O) groups excluding carboxylic acids is 2. The minimum Gasteiger partial charge on any atom is -0.481 e. The molecule has 0 aliphatic carbocycles. The zero-order chi connectivity index (χ0) is 18.6. The number of nitrogens with one attached hydrogen (secondary N) is 1. The average Bonchev–Trinajstić information content (AvgIpc) is 2.54. The number of amides is 2. The van der Waals surface area contributed by atoms with Crippen molar-refractivity contribution in [3.8, 4) is 0 Å². The summed E-state index contributed by atoms with van der Waals surface area (Å²) in [6.07, 6.45) is 0.841. The smallest absolute Gasteiger partial charge is 0.308 e. The van der Waals surface area contributed by atoms with E-state index < -0.39 is 35.5 Å². The standard InChI is InChI=1S/C17H20F2N2O4/c1-10(22)20-15(13-5-4-12(18)7-14(13)19)8-16(23)21-6-2-3-11(9-21)17(24)25/h4-5,7,11,15H,2-3,6,8-9H2,1H3,(H,20,22)(H,24,25)/t11-,15+/m0/s1. The minimum atomic E-state index is -0.958. The molecule has 1 saturated heterocycles. The van der Waals surface area contributed by atoms with E-state index in [1.807, 2.05) is 0 Å². The highest BCUT2D eigenvalue weighted by Crippen LogP contribution is 2.24. The van der Waals surface area contributed by atoms with Crippen LogP contribution in [-0.2, 0) is 14.4 Å². The lowest BCUT2D eigenvalue weighted by Crippen LogP contribution is -2.43. The monoisotopic (exact) mass is 354 g/mol. The fourth-order valence-corrected chi connectivity index (χ4v) is 2.98. The Morgan fingerprint density at radius 2 is 2.08 bits per heavy atom. The van der Waals surface area contributed by atoms with Crippen LogP contribution in [-0.4, -0.2) is 40.9 Å². The lowest BCUT2D eigenvalue weighted by Gasteiger charge is -2.32. The maximum Gasteiger partial charge on any atom is 0.308 e. The van der Waals surface area contributed by atoms with Crippen LogP contribution in [0, 0.1) is 17.6 Å². The van der Waals surface area contributed by atoms with Gasteiger partial charge in [-0.3, -0.25) is 14.4 Å². The van der Waals surface area contributed by atoms with Gasteiger partial charge in [0, 0.05) is 31.6 Å². The topological polar surface area (TPSA) is 86.7 Å². The number of hydrogen-bond acceptors (Lipinski definition) is 3. The van der Waals surface area contributed by atoms with Crippen LogP contribution < -0.4 is 5.32 Å². The van der Waals surface area contributed by atoms with Crippen LogP contribution in [0.2, 0.25) is 0 Å². The number of piperidine rings is 1. The lowest BCUT2D eigenvalue weighted by molar-refractivity contribution is -0.145. The molecular weight excluding hydrogens is 334 g/mol. The molecule has 25 heavy (non-hydrogen) atoms. The zero-order valence-electron chi connectivity index (χ0n) is 13.8. The van der Waals surface area contributed by atoms with Crippen molar-refractivity contribution in [1.82, 2.24) is 10.2 Å². The van der Waals surface area contributed by atoms with E-state index in [0.717, 1.165) is 6.07 Å². The molecule has 6 nitrogen and oxygen atoms in total. The SMILES string of the molecule is CC(=O)N[C@H](CC(=O)N1CCC[C@H](C(=O)O)C1)c1ccc(F)cc1F. The normalized spacial score (nSPS) is 18.5. The molecule has 0 spiro atoms. The predicted molar refractivity (Wildman–Crippen MR) is 84.5 cm³/mol. The second-order valence-electron chi connectivity index (χ2n) is 6.14. The summed E-state index contributed by atoms with van der Waals surface area (Å²) in [5.74, 6) is -4.03. The number of hydrogen-bond donors (Lipinski definition) is 2. The first-order chi connectivity index (χ1) is 11.8. The van der Waals surface area contributed by atoms with Crippen LogP contribution >= 0.6 is 0 Å². The number of likely N-dealkylation sites (tertiary alicyclic amines) is 1. The van der Waals surface area contributed by atoms with E-state index in [-0.39, 0.29) is 24.4 Å². The molecule has 1 fully saturated rings. The highest BCUT2D eigenvalue weighted by molar-refractivity contribution is 5.80. The molecular formula is C17H20F2N2O4. The molecule has 136 valence electrons. The molecule has 2 rings (SSSR count). The van der Waals surface area contributed by atoms with Crippen molar-refractivity contribution in [3.63, 3.8) is 0 Å². The fourth-order valence-electron chi connectivity index (χ4n) is 2.98. The Morgan fingerprint density at radius 3 is 2.68 bits per heavy atom. The Kier molecular flexibility index (Phi) is 6.06. The number of aliphatic carboxylic acids is 1. The number of nitrogens with zero attached hydrogens (tertiary/aromatic N) is 1. The van der Waals surface area contributed by atoms with E-state index >= 15 is 0 Å². The van der Waals surface area contributed by atoms with Crippen LogP contribution in [0.25, 0.3) is 0 Å². The summed E-state index contributed by atoms with van der Waals surface area (Å²) in [6.45, 7) is 1.74. The summed E-state index contributed by atoms with van der Waals surface area (Å²) in [5, 5.41) is 11.6. The molecule has 0 aromatic heterocycles. The van der Waals surface area contributed by atoms with Crippen LogP contribution in [0.4, 0.5) is 8.78 Å². The number of halogens is 2. The number of benzene rings is 1. The second-order valence-corrected chi connectivity index (χ2v) is 6.14. The highest BCUT2D eigenvalue weighted by Gasteiger charge is 2.30. The van der Waals surface area contributed by atoms with Gasteiger partial charge in [-0.2, -0.15) is 0 Å². The van der Waals surface area contributed by atoms with Crippen molar-refractivity contribution < 1.29 is 28.3 Å². The number of carboxylic acid groups (broad SMARTS) is 1. The number of carboxylic acids is 1. The van der Waals surface area contributed by atoms with Crippen molar-refractivity contribution >= 4 is 17.8 Å². The largest absolute Gasteiger partial charge is 0.481 e. The Balaban J connectivity index is 2.14. The minimum absolute atomic E-state index is 0.0109. The van der Waals surface area contributed by atoms with E-state index in [2.05, 4.69) is 5.32 Å². The maximum atomic E-state index is 14.0. The van der Waals surface area contributed by atoms with Crippen molar-refractivity contribution in [2.24, 2.45) is 5.92 Å². The van der Waals surface area contributed by atoms with Gasteiger partial charge in [0.15, 0.2) is 0 Å². The molecule has 0 radical (unpaired) electrons. The van der Waals surface area contributed by atoms with Crippen LogP contribution in [0.3, 0.4) is 0 Å². The van der Waals surface area contributed by atoms with Crippen molar-refractivity contribution in [2.45, 2.75) is 32.2 Å². The molecule has 8 heteroatoms. The van der Waals surface area contributed by atoms with E-state index in [1.165, 1.54) is 17.9 Å². The molecule has 2 N–H and O–H groups in total. The van der Waals surface area contributed by atoms with Gasteiger partial charge in [0.1, 0.15) is 11.6 Å². The Labute approximate surface area is 143 Å². The molecule has 1 aliphatic heterocycles. The van der Waals surface area contributed by atoms with E-state index in [9.17, 15) is 23.2 Å². The summed E-state index contributed by atoms with van der Waals surface area (Å²) in [5.41, 5.74) is 0.0109. The van der Waals surface area contributed by atoms with Gasteiger partial charge in [0.05, 0.1) is 18.4 Å². The fraction of sp³-hybridized carbons (Fsp3) is 0.471. The Hall–Kier alpha value is -2.51. The summed E-state index contributed by atoms with van der Waals surface area (Å²) in [4.78, 5) is 36.4. The second kappa shape index (κ2) is 8.04. The van der Waals surface area contributed by atoms with Crippen molar-refractivity contribution in [3.05, 3.63) is 35.4 Å². The van der Waals surface area contributed by atoms with Gasteiger partial charge in [0.2, 0.25) is 11.8 Å². The van der Waals surface area contributed by atoms with E-state index in [0.29, 0.717) is 25.5 Å². The first kappa shape index (κ1) is 18.8. The third-order valence-electron chi connectivity index (χ3n) is 4.22. The Morgan fingerprint density at radius 1 is 1.36 bits per heavy atom. The lowest BCUT2D eigenvalue weighted by atomic mass is 9.96. The first-order valence-electron chi connectivity index (χ1n) is 8.00. The molecule has 0 saturated carbocycles. The summed E-state index contributed by atoms with van der Waals surface area (Å²) < 4.78 is 27.1. The van der Waals surface area contributed by atoms with Gasteiger partial charge < -0.3 is 15.3 Å². The first-order valence-corrected chi connectivity index (χ1v) is 8.00. The van der Waals surface area contributed by atoms with Crippen molar-refractivity contribution in [2.75, 3.05) is 13.1 Å². The van der Waals surface area contributed by atoms with Gasteiger partial charge in [-0.25, -0.2) is 8.78 Å². The van der Waals surface area contributed by atoms with Gasteiger partial charge in [-0.1, -0.05) is 6.07 Å². The van der Waals surface area contributed by atoms with Crippen LogP contribution in [0.15, 0.2) is 18.2 Å². The van der Waals surface area contributed by atoms with E-state index in [1.54, 1.807) is 0 Å².